The number of hydrogen-bond acceptors (Lipinski definition) is 4. The Labute approximate surface area is 57.9 Å². The molecule has 0 aromatic carbocycles. The van der Waals surface area contributed by atoms with Gasteiger partial charge in [-0.1, -0.05) is 6.58 Å². The molecule has 0 bridgehead atoms. The van der Waals surface area contributed by atoms with Crippen molar-refractivity contribution in [2.45, 2.75) is 6.29 Å². The maximum absolute atomic E-state index is 9.25. The summed E-state index contributed by atoms with van der Waals surface area (Å²) in [4.78, 5) is 9.25. The number of aliphatic carboxylic acids is 1. The molecule has 0 aromatic heterocycles. The van der Waals surface area contributed by atoms with Gasteiger partial charge in [-0.25, -0.2) is 4.79 Å². The lowest BCUT2D eigenvalue weighted by atomic mass is 10.7. The molecule has 0 saturated carbocycles. The maximum atomic E-state index is 9.25. The van der Waals surface area contributed by atoms with E-state index in [9.17, 15) is 4.79 Å². The monoisotopic (exact) mass is 150 g/mol. The molecule has 0 aromatic rings. The molecule has 0 radical (unpaired) electrons. The Morgan fingerprint density at radius 1 is 1.60 bits per heavy atom. The van der Waals surface area contributed by atoms with Crippen molar-refractivity contribution in [1.82, 2.24) is 0 Å². The Morgan fingerprint density at radius 2 is 1.80 bits per heavy atom. The van der Waals surface area contributed by atoms with Crippen molar-refractivity contribution in [1.29, 1.82) is 0 Å². The number of aliphatic hydroxyl groups is 3. The second-order valence-electron chi connectivity index (χ2n) is 1.21. The van der Waals surface area contributed by atoms with Crippen LogP contribution >= 0.6 is 0 Å². The minimum absolute atomic E-state index is 0.583. The highest BCUT2D eigenvalue weighted by molar-refractivity contribution is 5.78. The Kier molecular flexibility index (Phi) is 9.57. The molecule has 0 aliphatic carbocycles. The van der Waals surface area contributed by atoms with Crippen LogP contribution in [0.3, 0.4) is 0 Å². The molecule has 0 heterocycles. The third-order valence-electron chi connectivity index (χ3n) is 0.338. The molecule has 0 aliphatic rings. The van der Waals surface area contributed by atoms with Crippen LogP contribution in [0.1, 0.15) is 0 Å². The van der Waals surface area contributed by atoms with E-state index in [0.717, 1.165) is 6.08 Å². The standard InChI is InChI=1S/C3H4O2.C2H6O3/c1-2-3(4)5;3-1-2(4)5/h2H,1H2,(H,4,5);2-5H,1H2. The van der Waals surface area contributed by atoms with Gasteiger partial charge in [0, 0.05) is 6.08 Å². The lowest BCUT2D eigenvalue weighted by Gasteiger charge is -1.89. The predicted octanol–water partition coefficient (Wildman–Crippen LogP) is -1.45. The van der Waals surface area contributed by atoms with Crippen LogP contribution < -0.4 is 0 Å². The van der Waals surface area contributed by atoms with Crippen LogP contribution in [0.4, 0.5) is 0 Å². The molecule has 5 heteroatoms. The van der Waals surface area contributed by atoms with E-state index in [4.69, 9.17) is 20.4 Å². The largest absolute Gasteiger partial charge is 0.478 e. The number of carboxylic acid groups (broad SMARTS) is 1. The van der Waals surface area contributed by atoms with Crippen molar-refractivity contribution in [2.24, 2.45) is 0 Å². The fourth-order valence-corrected chi connectivity index (χ4v) is 0. The highest BCUT2D eigenvalue weighted by Crippen LogP contribution is 1.62. The molecule has 0 saturated heterocycles. The average Bonchev–Trinajstić information content (AvgIpc) is 1.89. The third kappa shape index (κ3) is 27.5. The highest BCUT2D eigenvalue weighted by Gasteiger charge is 1.85. The van der Waals surface area contributed by atoms with Gasteiger partial charge in [0.1, 0.15) is 0 Å². The molecule has 0 aliphatic heterocycles. The van der Waals surface area contributed by atoms with Crippen LogP contribution in [0.5, 0.6) is 0 Å². The van der Waals surface area contributed by atoms with Crippen molar-refractivity contribution in [2.75, 3.05) is 6.61 Å². The zero-order valence-corrected chi connectivity index (χ0v) is 5.27. The SMILES string of the molecule is C=CC(=O)O.OCC(O)O. The summed E-state index contributed by atoms with van der Waals surface area (Å²) in [6.45, 7) is 2.38. The molecule has 0 rings (SSSR count). The molecule has 4 N–H and O–H groups in total. The summed E-state index contributed by atoms with van der Waals surface area (Å²) >= 11 is 0. The topological polar surface area (TPSA) is 98.0 Å². The quantitative estimate of drug-likeness (QED) is 0.285. The molecule has 0 atom stereocenters. The van der Waals surface area contributed by atoms with E-state index in [-0.39, 0.29) is 0 Å². The molecule has 0 fully saturated rings. The molecule has 10 heavy (non-hydrogen) atoms. The first kappa shape index (κ1) is 11.8. The van der Waals surface area contributed by atoms with E-state index in [1.807, 2.05) is 0 Å². The second-order valence-corrected chi connectivity index (χ2v) is 1.21. The van der Waals surface area contributed by atoms with E-state index < -0.39 is 18.9 Å². The summed E-state index contributed by atoms with van der Waals surface area (Å²) in [6, 6.07) is 0. The lowest BCUT2D eigenvalue weighted by molar-refractivity contribution is -0.131. The van der Waals surface area contributed by atoms with Gasteiger partial charge < -0.3 is 20.4 Å². The number of hydrogen-bond donors (Lipinski definition) is 4. The summed E-state index contributed by atoms with van der Waals surface area (Å²) in [5.41, 5.74) is 0. The number of aliphatic hydroxyl groups excluding tert-OH is 2. The van der Waals surface area contributed by atoms with Gasteiger partial charge in [0.15, 0.2) is 6.29 Å². The normalized spacial score (nSPS) is 8.00. The second kappa shape index (κ2) is 8.09. The Bertz CT molecular complexity index is 98.2. The Hall–Kier alpha value is -0.910. The van der Waals surface area contributed by atoms with Crippen molar-refractivity contribution in [3.63, 3.8) is 0 Å². The number of carboxylic acids is 1. The first-order valence-electron chi connectivity index (χ1n) is 2.37. The molecule has 0 amide bonds. The van der Waals surface area contributed by atoms with Gasteiger partial charge in [-0.05, 0) is 0 Å². The highest BCUT2D eigenvalue weighted by atomic mass is 16.5. The first-order valence-corrected chi connectivity index (χ1v) is 2.37. The van der Waals surface area contributed by atoms with Gasteiger partial charge in [0.05, 0.1) is 6.61 Å². The van der Waals surface area contributed by atoms with Gasteiger partial charge in [-0.3, -0.25) is 0 Å². The van der Waals surface area contributed by atoms with E-state index in [1.54, 1.807) is 0 Å². The zero-order valence-electron chi connectivity index (χ0n) is 5.27. The summed E-state index contributed by atoms with van der Waals surface area (Å²) < 4.78 is 0. The van der Waals surface area contributed by atoms with Gasteiger partial charge in [-0.2, -0.15) is 0 Å². The minimum atomic E-state index is -1.56. The van der Waals surface area contributed by atoms with Gasteiger partial charge in [-0.15, -0.1) is 0 Å². The van der Waals surface area contributed by atoms with E-state index >= 15 is 0 Å². The lowest BCUT2D eigenvalue weighted by Crippen LogP contribution is -2.08. The molecule has 5 nitrogen and oxygen atoms in total. The molecular formula is C5H10O5. The van der Waals surface area contributed by atoms with Crippen molar-refractivity contribution < 1.29 is 25.2 Å². The van der Waals surface area contributed by atoms with Crippen molar-refractivity contribution in [3.8, 4) is 0 Å². The summed E-state index contributed by atoms with van der Waals surface area (Å²) in [5.74, 6) is -0.981. The predicted molar refractivity (Wildman–Crippen MR) is 33.1 cm³/mol. The summed E-state index contributed by atoms with van der Waals surface area (Å²) in [5, 5.41) is 30.6. The van der Waals surface area contributed by atoms with Crippen molar-refractivity contribution in [3.05, 3.63) is 12.7 Å². The van der Waals surface area contributed by atoms with Gasteiger partial charge in [0.2, 0.25) is 0 Å². The Balaban J connectivity index is 0. The van der Waals surface area contributed by atoms with Crippen LogP contribution in [0.15, 0.2) is 12.7 Å². The van der Waals surface area contributed by atoms with E-state index in [0.29, 0.717) is 0 Å². The fraction of sp³-hybridized carbons (Fsp3) is 0.400. The maximum Gasteiger partial charge on any atom is 0.327 e. The zero-order chi connectivity index (χ0) is 8.57. The van der Waals surface area contributed by atoms with Crippen LogP contribution in [-0.4, -0.2) is 39.3 Å². The molecule has 60 valence electrons. The minimum Gasteiger partial charge on any atom is -0.478 e. The number of carbonyl (C=O) groups is 1. The molecular weight excluding hydrogens is 140 g/mol. The smallest absolute Gasteiger partial charge is 0.327 e. The van der Waals surface area contributed by atoms with Crippen molar-refractivity contribution >= 4 is 5.97 Å². The summed E-state index contributed by atoms with van der Waals surface area (Å²) in [6.07, 6.45) is -0.727. The average molecular weight is 150 g/mol. The third-order valence-corrected chi connectivity index (χ3v) is 0.338. The van der Waals surface area contributed by atoms with Crippen LogP contribution in [-0.2, 0) is 4.79 Å². The molecule has 0 unspecified atom stereocenters. The fourth-order valence-electron chi connectivity index (χ4n) is 0. The number of rotatable bonds is 2. The van der Waals surface area contributed by atoms with Crippen LogP contribution in [0, 0.1) is 0 Å². The van der Waals surface area contributed by atoms with Gasteiger partial charge in [0.25, 0.3) is 0 Å². The first-order chi connectivity index (χ1) is 4.54. The van der Waals surface area contributed by atoms with E-state index in [1.165, 1.54) is 0 Å². The molecule has 0 spiro atoms. The summed E-state index contributed by atoms with van der Waals surface area (Å²) in [7, 11) is 0. The Morgan fingerprint density at radius 3 is 1.80 bits per heavy atom. The van der Waals surface area contributed by atoms with Gasteiger partial charge >= 0.3 is 5.97 Å². The van der Waals surface area contributed by atoms with Crippen LogP contribution in [0.25, 0.3) is 0 Å². The van der Waals surface area contributed by atoms with E-state index in [2.05, 4.69) is 6.58 Å². The van der Waals surface area contributed by atoms with Crippen LogP contribution in [0.2, 0.25) is 0 Å².